The average Bonchev–Trinajstić information content (AvgIpc) is 2.39. The molecular weight excluding hydrogens is 381 g/mol. The zero-order chi connectivity index (χ0) is 15.8. The molecule has 0 radical (unpaired) electrons. The number of nitrogens with one attached hydrogen (secondary N) is 3. The van der Waals surface area contributed by atoms with Crippen LogP contribution in [0.5, 0.6) is 0 Å². The van der Waals surface area contributed by atoms with Gasteiger partial charge in [-0.3, -0.25) is 9.59 Å². The number of carbonyl (C=O) groups excluding carboxylic acids is 2. The lowest BCUT2D eigenvalue weighted by molar-refractivity contribution is -0.881. The van der Waals surface area contributed by atoms with Crippen LogP contribution in [0.4, 0.5) is 5.69 Å². The number of hydrogen-bond donors (Lipinski definition) is 3. The molecule has 0 fully saturated rings. The predicted molar refractivity (Wildman–Crippen MR) is 92.3 cm³/mol. The second kappa shape index (κ2) is 8.99. The van der Waals surface area contributed by atoms with Crippen molar-refractivity contribution in [2.24, 2.45) is 0 Å². The zero-order valence-corrected chi connectivity index (χ0v) is 14.9. The molecule has 1 atom stereocenters. The van der Waals surface area contributed by atoms with Crippen molar-refractivity contribution < 1.29 is 14.5 Å². The van der Waals surface area contributed by atoms with E-state index in [-0.39, 0.29) is 24.4 Å². The third-order valence-electron chi connectivity index (χ3n) is 2.90. The maximum Gasteiger partial charge on any atom is 0.279 e. The van der Waals surface area contributed by atoms with Gasteiger partial charge in [-0.1, -0.05) is 0 Å². The molecule has 1 aromatic rings. The van der Waals surface area contributed by atoms with Crippen LogP contribution in [-0.4, -0.2) is 37.5 Å². The summed E-state index contributed by atoms with van der Waals surface area (Å²) < 4.78 is 1.12. The molecule has 0 heterocycles. The monoisotopic (exact) mass is 404 g/mol. The van der Waals surface area contributed by atoms with Gasteiger partial charge in [0.05, 0.1) is 6.54 Å². The van der Waals surface area contributed by atoms with E-state index in [2.05, 4.69) is 33.2 Å². The number of anilines is 1. The second-order valence-corrected chi connectivity index (χ2v) is 6.48. The van der Waals surface area contributed by atoms with Crippen molar-refractivity contribution in [3.05, 3.63) is 27.8 Å². The molecule has 0 spiro atoms. The number of hydrogen-bond acceptors (Lipinski definition) is 2. The predicted octanol–water partition coefficient (Wildman–Crippen LogP) is 0.659. The van der Waals surface area contributed by atoms with E-state index in [1.165, 1.54) is 0 Å². The van der Waals surface area contributed by atoms with E-state index < -0.39 is 0 Å². The van der Waals surface area contributed by atoms with Crippen molar-refractivity contribution in [1.29, 1.82) is 0 Å². The molecule has 0 aliphatic heterocycles. The number of likely N-dealkylation sites (N-methyl/N-ethyl adjacent to an activating group) is 1. The van der Waals surface area contributed by atoms with Crippen molar-refractivity contribution in [2.75, 3.05) is 25.0 Å². The minimum atomic E-state index is -0.0783. The van der Waals surface area contributed by atoms with Crippen LogP contribution < -0.4 is 15.5 Å². The first-order valence-electron chi connectivity index (χ1n) is 7.09. The molecule has 0 saturated carbocycles. The van der Waals surface area contributed by atoms with E-state index in [9.17, 15) is 9.59 Å². The average molecular weight is 404 g/mol. The Labute approximate surface area is 139 Å². The largest absolute Gasteiger partial charge is 0.349 e. The van der Waals surface area contributed by atoms with Gasteiger partial charge in [0.1, 0.15) is 0 Å². The first kappa shape index (κ1) is 17.9. The van der Waals surface area contributed by atoms with Gasteiger partial charge in [-0.2, -0.15) is 0 Å². The Kier molecular flexibility index (Phi) is 7.66. The van der Waals surface area contributed by atoms with Crippen LogP contribution in [0.2, 0.25) is 0 Å². The molecule has 2 amide bonds. The third kappa shape index (κ3) is 7.42. The Hall–Kier alpha value is -1.15. The molecule has 0 saturated heterocycles. The van der Waals surface area contributed by atoms with Crippen molar-refractivity contribution >= 4 is 40.1 Å². The summed E-state index contributed by atoms with van der Waals surface area (Å²) in [6, 6.07) is 7.75. The van der Waals surface area contributed by atoms with E-state index in [1.54, 1.807) is 0 Å². The van der Waals surface area contributed by atoms with Gasteiger partial charge in [-0.15, -0.1) is 0 Å². The highest BCUT2D eigenvalue weighted by Gasteiger charge is 2.17. The van der Waals surface area contributed by atoms with E-state index in [1.807, 2.05) is 45.0 Å². The van der Waals surface area contributed by atoms with Crippen LogP contribution in [0.15, 0.2) is 24.3 Å². The Bertz CT molecular complexity index is 474. The topological polar surface area (TPSA) is 62.6 Å². The molecule has 0 aromatic heterocycles. The van der Waals surface area contributed by atoms with Crippen LogP contribution >= 0.6 is 22.6 Å². The number of benzene rings is 1. The lowest BCUT2D eigenvalue weighted by atomic mass is 10.3. The van der Waals surface area contributed by atoms with Crippen LogP contribution in [0.1, 0.15) is 20.8 Å². The highest BCUT2D eigenvalue weighted by molar-refractivity contribution is 14.1. The first-order chi connectivity index (χ1) is 9.90. The van der Waals surface area contributed by atoms with Gasteiger partial charge >= 0.3 is 0 Å². The normalized spacial score (nSPS) is 12.0. The van der Waals surface area contributed by atoms with E-state index in [4.69, 9.17) is 0 Å². The molecule has 0 aliphatic carbocycles. The Morgan fingerprint density at radius 2 is 1.71 bits per heavy atom. The maximum atomic E-state index is 12.0. The quantitative estimate of drug-likeness (QED) is 0.585. The Morgan fingerprint density at radius 3 is 2.24 bits per heavy atom. The SMILES string of the molecule is CC[NH+](CC(=O)Nc1ccc(I)cc1)CC(=O)NC(C)C. The molecule has 116 valence electrons. The summed E-state index contributed by atoms with van der Waals surface area (Å²) in [6.45, 7) is 7.14. The summed E-state index contributed by atoms with van der Waals surface area (Å²) in [5.41, 5.74) is 0.780. The number of quaternary nitrogens is 1. The van der Waals surface area contributed by atoms with Gasteiger partial charge < -0.3 is 15.5 Å². The highest BCUT2D eigenvalue weighted by Crippen LogP contribution is 2.10. The van der Waals surface area contributed by atoms with Crippen LogP contribution in [0.25, 0.3) is 0 Å². The molecule has 0 aliphatic rings. The number of amides is 2. The van der Waals surface area contributed by atoms with E-state index in [0.29, 0.717) is 6.54 Å². The summed E-state index contributed by atoms with van der Waals surface area (Å²) >= 11 is 2.22. The van der Waals surface area contributed by atoms with Crippen molar-refractivity contribution in [2.45, 2.75) is 26.8 Å². The maximum absolute atomic E-state index is 12.0. The van der Waals surface area contributed by atoms with E-state index >= 15 is 0 Å². The van der Waals surface area contributed by atoms with Crippen LogP contribution in [0, 0.1) is 3.57 Å². The highest BCUT2D eigenvalue weighted by atomic mass is 127. The Morgan fingerprint density at radius 1 is 1.14 bits per heavy atom. The van der Waals surface area contributed by atoms with Crippen LogP contribution in [0.3, 0.4) is 0 Å². The first-order valence-corrected chi connectivity index (χ1v) is 8.17. The second-order valence-electron chi connectivity index (χ2n) is 5.23. The molecule has 0 bridgehead atoms. The standard InChI is InChI=1S/C15H22IN3O2/c1-4-19(9-14(20)17-11(2)3)10-15(21)18-13-7-5-12(16)6-8-13/h5-8,11H,4,9-10H2,1-3H3,(H,17,20)(H,18,21)/p+1. The number of halogens is 1. The fourth-order valence-electron chi connectivity index (χ4n) is 1.88. The minimum absolute atomic E-state index is 0.0242. The fourth-order valence-corrected chi connectivity index (χ4v) is 2.24. The molecule has 21 heavy (non-hydrogen) atoms. The lowest BCUT2D eigenvalue weighted by Crippen LogP contribution is -3.14. The summed E-state index contributed by atoms with van der Waals surface area (Å²) in [5.74, 6) is -0.102. The smallest absolute Gasteiger partial charge is 0.279 e. The van der Waals surface area contributed by atoms with Gasteiger partial charge in [-0.25, -0.2) is 0 Å². The third-order valence-corrected chi connectivity index (χ3v) is 3.62. The van der Waals surface area contributed by atoms with Gasteiger partial charge in [0.15, 0.2) is 13.1 Å². The molecule has 3 N–H and O–H groups in total. The van der Waals surface area contributed by atoms with Gasteiger partial charge in [0, 0.05) is 15.3 Å². The summed E-state index contributed by atoms with van der Waals surface area (Å²) in [5, 5.41) is 5.70. The zero-order valence-electron chi connectivity index (χ0n) is 12.7. The molecule has 6 heteroatoms. The Balaban J connectivity index is 2.47. The van der Waals surface area contributed by atoms with Gasteiger partial charge in [0.2, 0.25) is 0 Å². The van der Waals surface area contributed by atoms with Gasteiger partial charge in [-0.05, 0) is 67.6 Å². The van der Waals surface area contributed by atoms with Crippen molar-refractivity contribution in [1.82, 2.24) is 5.32 Å². The molecule has 1 rings (SSSR count). The summed E-state index contributed by atoms with van der Waals surface area (Å²) in [4.78, 5) is 24.7. The van der Waals surface area contributed by atoms with Crippen LogP contribution in [-0.2, 0) is 9.59 Å². The van der Waals surface area contributed by atoms with Crippen molar-refractivity contribution in [3.63, 3.8) is 0 Å². The fraction of sp³-hybridized carbons (Fsp3) is 0.467. The van der Waals surface area contributed by atoms with Gasteiger partial charge in [0.25, 0.3) is 11.8 Å². The summed E-state index contributed by atoms with van der Waals surface area (Å²) in [7, 11) is 0. The number of carbonyl (C=O) groups is 2. The lowest BCUT2D eigenvalue weighted by Gasteiger charge is -2.17. The van der Waals surface area contributed by atoms with Crippen molar-refractivity contribution in [3.8, 4) is 0 Å². The van der Waals surface area contributed by atoms with E-state index in [0.717, 1.165) is 20.7 Å². The molecule has 1 unspecified atom stereocenters. The minimum Gasteiger partial charge on any atom is -0.349 e. The molecule has 1 aromatic carbocycles. The molecule has 5 nitrogen and oxygen atoms in total. The molecular formula is C15H23IN3O2+. The number of rotatable bonds is 7. The summed E-state index contributed by atoms with van der Waals surface area (Å²) in [6.07, 6.45) is 0.